The molecule has 3 N–H and O–H groups in total. The number of aliphatic hydroxyl groups is 1. The first-order valence-corrected chi connectivity index (χ1v) is 6.33. The molecule has 1 fully saturated rings. The van der Waals surface area contributed by atoms with Crippen molar-refractivity contribution >= 4 is 0 Å². The maximum atomic E-state index is 9.66. The van der Waals surface area contributed by atoms with Gasteiger partial charge in [0.15, 0.2) is 0 Å². The summed E-state index contributed by atoms with van der Waals surface area (Å²) >= 11 is 0. The van der Waals surface area contributed by atoms with E-state index in [1.807, 2.05) is 6.92 Å². The molecule has 1 heterocycles. The summed E-state index contributed by atoms with van der Waals surface area (Å²) in [5.74, 6) is 0.841. The number of hydrogen-bond donors (Lipinski definition) is 2. The van der Waals surface area contributed by atoms with E-state index in [0.717, 1.165) is 32.0 Å². The second kappa shape index (κ2) is 6.46. The molecule has 0 aliphatic carbocycles. The molecule has 1 saturated heterocycles. The molecule has 0 aromatic heterocycles. The Labute approximate surface area is 93.6 Å². The Kier molecular flexibility index (Phi) is 5.58. The van der Waals surface area contributed by atoms with Crippen molar-refractivity contribution in [2.75, 3.05) is 19.6 Å². The normalized spacial score (nSPS) is 30.4. The molecule has 15 heavy (non-hydrogen) atoms. The zero-order valence-corrected chi connectivity index (χ0v) is 10.2. The van der Waals surface area contributed by atoms with Gasteiger partial charge in [0.2, 0.25) is 0 Å². The maximum absolute atomic E-state index is 9.66. The van der Waals surface area contributed by atoms with Crippen LogP contribution in [0.15, 0.2) is 0 Å². The molecule has 0 spiro atoms. The highest BCUT2D eigenvalue weighted by Crippen LogP contribution is 2.25. The number of aliphatic hydroxyl groups excluding tert-OH is 1. The fourth-order valence-corrected chi connectivity index (χ4v) is 2.44. The van der Waals surface area contributed by atoms with Crippen LogP contribution in [0.5, 0.6) is 0 Å². The average molecular weight is 214 g/mol. The van der Waals surface area contributed by atoms with E-state index < -0.39 is 0 Å². The Morgan fingerprint density at radius 3 is 2.73 bits per heavy atom. The van der Waals surface area contributed by atoms with Crippen molar-refractivity contribution in [2.45, 2.75) is 51.7 Å². The van der Waals surface area contributed by atoms with Crippen LogP contribution in [0.1, 0.15) is 39.5 Å². The molecule has 1 aliphatic heterocycles. The largest absolute Gasteiger partial charge is 0.392 e. The third-order valence-corrected chi connectivity index (χ3v) is 3.71. The number of hydrogen-bond acceptors (Lipinski definition) is 3. The zero-order valence-electron chi connectivity index (χ0n) is 10.2. The lowest BCUT2D eigenvalue weighted by Gasteiger charge is -2.39. The van der Waals surface area contributed by atoms with Gasteiger partial charge in [-0.3, -0.25) is 4.90 Å². The van der Waals surface area contributed by atoms with Crippen molar-refractivity contribution in [1.82, 2.24) is 4.90 Å². The Hall–Kier alpha value is -0.120. The third-order valence-electron chi connectivity index (χ3n) is 3.71. The second-order valence-corrected chi connectivity index (χ2v) is 4.75. The fraction of sp³-hybridized carbons (Fsp3) is 1.00. The molecule has 0 aromatic rings. The number of nitrogens with two attached hydrogens (primary N) is 1. The fourth-order valence-electron chi connectivity index (χ4n) is 2.44. The smallest absolute Gasteiger partial charge is 0.0664 e. The van der Waals surface area contributed by atoms with Crippen LogP contribution in [0.3, 0.4) is 0 Å². The molecular weight excluding hydrogens is 188 g/mol. The number of nitrogens with zero attached hydrogens (tertiary/aromatic N) is 1. The SMILES string of the molecule is CCC(O)CN1CCC(CC)CC1CN. The molecule has 1 rings (SSSR count). The lowest BCUT2D eigenvalue weighted by atomic mass is 9.88. The summed E-state index contributed by atoms with van der Waals surface area (Å²) in [5, 5.41) is 9.66. The number of likely N-dealkylation sites (tertiary alicyclic amines) is 1. The van der Waals surface area contributed by atoms with Crippen LogP contribution < -0.4 is 5.73 Å². The summed E-state index contributed by atoms with van der Waals surface area (Å²) in [6, 6.07) is 0.491. The molecule has 3 nitrogen and oxygen atoms in total. The van der Waals surface area contributed by atoms with Gasteiger partial charge in [0.05, 0.1) is 6.10 Å². The van der Waals surface area contributed by atoms with Gasteiger partial charge in [0.1, 0.15) is 0 Å². The molecule has 3 unspecified atom stereocenters. The highest BCUT2D eigenvalue weighted by Gasteiger charge is 2.27. The topological polar surface area (TPSA) is 49.5 Å². The van der Waals surface area contributed by atoms with Crippen LogP contribution in [0.25, 0.3) is 0 Å². The van der Waals surface area contributed by atoms with Crippen molar-refractivity contribution in [3.63, 3.8) is 0 Å². The van der Waals surface area contributed by atoms with Crippen LogP contribution in [0, 0.1) is 5.92 Å². The highest BCUT2D eigenvalue weighted by molar-refractivity contribution is 4.83. The molecule has 0 amide bonds. The highest BCUT2D eigenvalue weighted by atomic mass is 16.3. The average Bonchev–Trinajstić information content (AvgIpc) is 2.29. The number of piperidine rings is 1. The van der Waals surface area contributed by atoms with Gasteiger partial charge in [-0.1, -0.05) is 20.3 Å². The van der Waals surface area contributed by atoms with Gasteiger partial charge in [-0.25, -0.2) is 0 Å². The summed E-state index contributed by atoms with van der Waals surface area (Å²) in [5.41, 5.74) is 5.80. The van der Waals surface area contributed by atoms with Crippen LogP contribution in [-0.2, 0) is 0 Å². The Balaban J connectivity index is 2.43. The van der Waals surface area contributed by atoms with E-state index in [4.69, 9.17) is 5.73 Å². The van der Waals surface area contributed by atoms with E-state index >= 15 is 0 Å². The minimum Gasteiger partial charge on any atom is -0.392 e. The molecular formula is C12H26N2O. The molecule has 0 saturated carbocycles. The first kappa shape index (κ1) is 12.9. The zero-order chi connectivity index (χ0) is 11.3. The summed E-state index contributed by atoms with van der Waals surface area (Å²) in [7, 11) is 0. The van der Waals surface area contributed by atoms with Crippen molar-refractivity contribution < 1.29 is 5.11 Å². The first-order valence-electron chi connectivity index (χ1n) is 6.33. The van der Waals surface area contributed by atoms with Gasteiger partial charge in [-0.2, -0.15) is 0 Å². The third kappa shape index (κ3) is 3.74. The lowest BCUT2D eigenvalue weighted by Crippen LogP contribution is -2.49. The summed E-state index contributed by atoms with van der Waals surface area (Å²) in [6.45, 7) is 6.93. The monoisotopic (exact) mass is 214 g/mol. The van der Waals surface area contributed by atoms with Crippen LogP contribution in [-0.4, -0.2) is 41.8 Å². The van der Waals surface area contributed by atoms with Gasteiger partial charge >= 0.3 is 0 Å². The van der Waals surface area contributed by atoms with Crippen molar-refractivity contribution in [3.8, 4) is 0 Å². The predicted octanol–water partition coefficient (Wildman–Crippen LogP) is 1.21. The van der Waals surface area contributed by atoms with Gasteiger partial charge in [-0.15, -0.1) is 0 Å². The number of rotatable bonds is 5. The minimum atomic E-state index is -0.183. The van der Waals surface area contributed by atoms with Gasteiger partial charge in [0, 0.05) is 19.1 Å². The Bertz CT molecular complexity index is 175. The summed E-state index contributed by atoms with van der Waals surface area (Å²) in [4.78, 5) is 2.38. The molecule has 3 atom stereocenters. The molecule has 90 valence electrons. The van der Waals surface area contributed by atoms with E-state index in [1.165, 1.54) is 19.3 Å². The van der Waals surface area contributed by atoms with E-state index in [-0.39, 0.29) is 6.10 Å². The van der Waals surface area contributed by atoms with Gasteiger partial charge in [-0.05, 0) is 31.7 Å². The molecule has 3 heteroatoms. The van der Waals surface area contributed by atoms with Crippen LogP contribution in [0.2, 0.25) is 0 Å². The van der Waals surface area contributed by atoms with Crippen LogP contribution in [0.4, 0.5) is 0 Å². The molecule has 0 radical (unpaired) electrons. The quantitative estimate of drug-likeness (QED) is 0.723. The Morgan fingerprint density at radius 2 is 2.20 bits per heavy atom. The van der Waals surface area contributed by atoms with Crippen molar-refractivity contribution in [2.24, 2.45) is 11.7 Å². The number of β-amino-alcohol motifs (C(OH)–C–C–N with tert-alkyl or cyclic N) is 1. The van der Waals surface area contributed by atoms with Crippen LogP contribution >= 0.6 is 0 Å². The van der Waals surface area contributed by atoms with E-state index in [1.54, 1.807) is 0 Å². The summed E-state index contributed by atoms with van der Waals surface area (Å²) < 4.78 is 0. The predicted molar refractivity (Wildman–Crippen MR) is 63.7 cm³/mol. The van der Waals surface area contributed by atoms with E-state index in [9.17, 15) is 5.11 Å². The maximum Gasteiger partial charge on any atom is 0.0664 e. The Morgan fingerprint density at radius 1 is 1.47 bits per heavy atom. The lowest BCUT2D eigenvalue weighted by molar-refractivity contribution is 0.0519. The van der Waals surface area contributed by atoms with Gasteiger partial charge in [0.25, 0.3) is 0 Å². The van der Waals surface area contributed by atoms with E-state index in [0.29, 0.717) is 6.04 Å². The molecule has 1 aliphatic rings. The molecule has 0 bridgehead atoms. The van der Waals surface area contributed by atoms with Crippen molar-refractivity contribution in [1.29, 1.82) is 0 Å². The minimum absolute atomic E-state index is 0.183. The van der Waals surface area contributed by atoms with E-state index in [2.05, 4.69) is 11.8 Å². The second-order valence-electron chi connectivity index (χ2n) is 4.75. The first-order chi connectivity index (χ1) is 7.21. The summed E-state index contributed by atoms with van der Waals surface area (Å²) in [6.07, 6.45) is 4.40. The van der Waals surface area contributed by atoms with Crippen molar-refractivity contribution in [3.05, 3.63) is 0 Å². The standard InChI is InChI=1S/C12H26N2O/c1-3-10-5-6-14(9-12(15)4-2)11(7-10)8-13/h10-12,15H,3-9,13H2,1-2H3. The van der Waals surface area contributed by atoms with Gasteiger partial charge < -0.3 is 10.8 Å². The molecule has 0 aromatic carbocycles.